The number of hydrogen-bond acceptors (Lipinski definition) is 11. The molecule has 3 aliphatic rings. The predicted molar refractivity (Wildman–Crippen MR) is 172 cm³/mol. The first-order valence-corrected chi connectivity index (χ1v) is 15.7. The molecule has 6 heterocycles. The average molecular weight is 684 g/mol. The number of nitrogens with one attached hydrogen (secondary N) is 1. The van der Waals surface area contributed by atoms with E-state index in [2.05, 4.69) is 19.9 Å². The Morgan fingerprint density at radius 1 is 1.18 bits per heavy atom. The number of carboxylic acids is 1. The number of nitrogens with zero attached hydrogens (tertiary/aromatic N) is 5. The number of halogens is 3. The van der Waals surface area contributed by atoms with Crippen molar-refractivity contribution in [3.63, 3.8) is 0 Å². The second-order valence-corrected chi connectivity index (χ2v) is 12.6. The minimum atomic E-state index is -4.91. The molecule has 0 aliphatic carbocycles. The fourth-order valence-electron chi connectivity index (χ4n) is 6.90. The molecule has 3 aromatic heterocycles. The molecule has 0 saturated carbocycles. The maximum absolute atomic E-state index is 14.1. The summed E-state index contributed by atoms with van der Waals surface area (Å²) in [5.41, 5.74) is 1.26. The molecule has 3 atom stereocenters. The zero-order chi connectivity index (χ0) is 34.8. The molecule has 1 aromatic carbocycles. The third-order valence-electron chi connectivity index (χ3n) is 9.38. The second-order valence-electron chi connectivity index (χ2n) is 12.6. The summed E-state index contributed by atoms with van der Waals surface area (Å²) in [6.45, 7) is 6.68. The van der Waals surface area contributed by atoms with Crippen LogP contribution in [0, 0.1) is 5.41 Å². The van der Waals surface area contributed by atoms with Crippen molar-refractivity contribution < 1.29 is 46.8 Å². The highest BCUT2D eigenvalue weighted by Gasteiger charge is 2.50. The topological polar surface area (TPSA) is 170 Å². The predicted octanol–water partition coefficient (Wildman–Crippen LogP) is 4.39. The number of ether oxygens (including phenoxy) is 3. The van der Waals surface area contributed by atoms with Gasteiger partial charge in [0.1, 0.15) is 34.5 Å². The molecule has 4 N–H and O–H groups in total. The Hall–Kier alpha value is -4.96. The van der Waals surface area contributed by atoms with Crippen LogP contribution < -0.4 is 14.5 Å². The van der Waals surface area contributed by atoms with Gasteiger partial charge in [-0.3, -0.25) is 0 Å². The molecular weight excluding hydrogens is 649 g/mol. The van der Waals surface area contributed by atoms with Gasteiger partial charge in [-0.25, -0.2) is 19.7 Å². The van der Waals surface area contributed by atoms with E-state index in [1.807, 2.05) is 6.92 Å². The minimum Gasteiger partial charge on any atom is -0.596 e. The van der Waals surface area contributed by atoms with Crippen LogP contribution in [0.25, 0.3) is 27.6 Å². The van der Waals surface area contributed by atoms with Crippen LogP contribution in [-0.4, -0.2) is 93.5 Å². The fraction of sp³-hybridized carbons (Fsp3) is 0.424. The van der Waals surface area contributed by atoms with Gasteiger partial charge in [-0.1, -0.05) is 12.1 Å². The Bertz CT molecular complexity index is 2010. The third-order valence-corrected chi connectivity index (χ3v) is 9.38. The van der Waals surface area contributed by atoms with Crippen molar-refractivity contribution in [1.29, 1.82) is 5.41 Å². The molecule has 1 spiro atoms. The van der Waals surface area contributed by atoms with Crippen LogP contribution in [-0.2, 0) is 20.4 Å². The zero-order valence-corrected chi connectivity index (χ0v) is 26.8. The lowest BCUT2D eigenvalue weighted by molar-refractivity contribution is -0.228. The van der Waals surface area contributed by atoms with Crippen LogP contribution in [0.2, 0.25) is 0 Å². The Labute approximate surface area is 277 Å². The lowest BCUT2D eigenvalue weighted by Gasteiger charge is -2.53. The van der Waals surface area contributed by atoms with Crippen molar-refractivity contribution >= 4 is 50.8 Å². The molecule has 0 bridgehead atoms. The number of pyridine rings is 1. The van der Waals surface area contributed by atoms with Crippen LogP contribution in [0.3, 0.4) is 0 Å². The molecule has 49 heavy (non-hydrogen) atoms. The number of benzene rings is 1. The van der Waals surface area contributed by atoms with Crippen LogP contribution in [0.15, 0.2) is 46.7 Å². The van der Waals surface area contributed by atoms with E-state index in [4.69, 9.17) is 29.1 Å². The summed E-state index contributed by atoms with van der Waals surface area (Å²) in [5.74, 6) is -2.64. The lowest BCUT2D eigenvalue weighted by atomic mass is 9.89. The van der Waals surface area contributed by atoms with Gasteiger partial charge in [0.2, 0.25) is 17.5 Å². The van der Waals surface area contributed by atoms with Crippen LogP contribution in [0.1, 0.15) is 38.6 Å². The van der Waals surface area contributed by atoms with Crippen LogP contribution in [0.4, 0.5) is 24.7 Å². The molecule has 3 aliphatic heterocycles. The number of carbonyl (C=O) groups is 1. The van der Waals surface area contributed by atoms with Crippen LogP contribution in [0.5, 0.6) is 5.88 Å². The van der Waals surface area contributed by atoms with E-state index in [0.29, 0.717) is 48.6 Å². The number of alkyl halides is 3. The van der Waals surface area contributed by atoms with Gasteiger partial charge in [0.15, 0.2) is 11.4 Å². The largest absolute Gasteiger partial charge is 0.596 e. The second kappa shape index (κ2) is 11.9. The first-order valence-electron chi connectivity index (χ1n) is 15.7. The number of allylic oxidation sites excluding steroid dienone is 2. The highest BCUT2D eigenvalue weighted by Crippen LogP contribution is 2.42. The quantitative estimate of drug-likeness (QED) is 0.161. The molecule has 258 valence electrons. The van der Waals surface area contributed by atoms with Crippen molar-refractivity contribution in [3.05, 3.63) is 53.7 Å². The van der Waals surface area contributed by atoms with E-state index in [9.17, 15) is 23.1 Å². The highest BCUT2D eigenvalue weighted by molar-refractivity contribution is 6.21. The van der Waals surface area contributed by atoms with Gasteiger partial charge in [0, 0.05) is 42.7 Å². The number of carboxylic acid groups (broad SMARTS) is 1. The number of furan rings is 1. The lowest BCUT2D eigenvalue weighted by Crippen LogP contribution is -2.68. The summed E-state index contributed by atoms with van der Waals surface area (Å²) in [7, 11) is 0. The van der Waals surface area contributed by atoms with Crippen molar-refractivity contribution in [3.8, 4) is 5.88 Å². The summed E-state index contributed by atoms with van der Waals surface area (Å²) in [5, 5.41) is 27.2. The number of hydrogen-bond donors (Lipinski definition) is 2. The first-order chi connectivity index (χ1) is 23.3. The summed E-state index contributed by atoms with van der Waals surface area (Å²) in [4.78, 5) is 28.1. The Morgan fingerprint density at radius 3 is 2.59 bits per heavy atom. The molecule has 13 nitrogen and oxygen atoms in total. The molecule has 0 amide bonds. The summed E-state index contributed by atoms with van der Waals surface area (Å²) >= 11 is 0. The smallest absolute Gasteiger partial charge is 0.451 e. The maximum Gasteiger partial charge on any atom is 0.451 e. The van der Waals surface area contributed by atoms with Gasteiger partial charge < -0.3 is 44.0 Å². The Morgan fingerprint density at radius 2 is 1.94 bits per heavy atom. The molecule has 3 saturated heterocycles. The van der Waals surface area contributed by atoms with E-state index in [-0.39, 0.29) is 58.9 Å². The molecular formula is C33H34F3N6O7+. The fourth-order valence-corrected chi connectivity index (χ4v) is 6.90. The van der Waals surface area contributed by atoms with E-state index in [0.717, 1.165) is 0 Å². The van der Waals surface area contributed by atoms with E-state index >= 15 is 0 Å². The normalized spacial score (nSPS) is 22.8. The van der Waals surface area contributed by atoms with Crippen molar-refractivity contribution in [1.82, 2.24) is 15.0 Å². The highest BCUT2D eigenvalue weighted by atomic mass is 19.4. The average Bonchev–Trinajstić information content (AvgIpc) is 3.62. The summed E-state index contributed by atoms with van der Waals surface area (Å²) < 4.78 is 66.2. The maximum atomic E-state index is 14.1. The number of aliphatic carboxylic acids is 1. The summed E-state index contributed by atoms with van der Waals surface area (Å²) in [6, 6.07) is 6.78. The van der Waals surface area contributed by atoms with Gasteiger partial charge >= 0.3 is 12.1 Å². The van der Waals surface area contributed by atoms with Crippen molar-refractivity contribution in [2.45, 2.75) is 57.2 Å². The number of anilines is 2. The number of rotatable bonds is 7. The molecule has 0 radical (unpaired) electrons. The minimum absolute atomic E-state index is 0.0634. The van der Waals surface area contributed by atoms with E-state index in [1.54, 1.807) is 44.2 Å². The van der Waals surface area contributed by atoms with Gasteiger partial charge in [0.05, 0.1) is 38.0 Å². The molecule has 1 unspecified atom stereocenters. The molecule has 4 aromatic rings. The van der Waals surface area contributed by atoms with Gasteiger partial charge in [-0.05, 0) is 32.0 Å². The van der Waals surface area contributed by atoms with E-state index in [1.165, 1.54) is 11.1 Å². The SMILES string of the molecule is CC(=N)/C(=C(/C)[OH2+])c1cnc(OC2C[C@@H](C(=O)O)N(c3nc(C(F)(F)F)nc4c3oc3ccccc34)C2)c(N2CCOC3(COC3)[C@@H]2C)c1. The number of morpholine rings is 1. The van der Waals surface area contributed by atoms with Gasteiger partial charge in [0.25, 0.3) is 0 Å². The number of fused-ring (bicyclic) bond motifs is 3. The zero-order valence-electron chi connectivity index (χ0n) is 26.8. The molecule has 3 fully saturated rings. The Balaban J connectivity index is 1.29. The van der Waals surface area contributed by atoms with E-state index < -0.39 is 35.7 Å². The van der Waals surface area contributed by atoms with Gasteiger partial charge in [-0.15, -0.1) is 0 Å². The monoisotopic (exact) mass is 683 g/mol. The standard InChI is InChI=1S/C33H33F3N6O7/c1-16(37)25(17(2)43)19-10-22(41-8-9-47-32(18(41)3)14-46-15-32)29(38-12-19)48-20-11-23(30(44)45)42(13-20)28-27-26(39-31(40-28)33(34,35)36)21-6-4-5-7-24(21)49-27/h4-7,10,12,18,20,23,37,43H,8-9,11,13-15H2,1-3H3,(H,44,45)/p+1/b25-17+,37-16?/t18-,20?,23-/m0/s1. The molecule has 16 heteroatoms. The third kappa shape index (κ3) is 5.57. The number of para-hydroxylation sites is 1. The number of aromatic nitrogens is 3. The van der Waals surface area contributed by atoms with Crippen LogP contribution >= 0.6 is 0 Å². The Kier molecular flexibility index (Phi) is 7.89. The summed E-state index contributed by atoms with van der Waals surface area (Å²) in [6.07, 6.45) is -4.35. The first kappa shape index (κ1) is 32.6. The van der Waals surface area contributed by atoms with Crippen molar-refractivity contribution in [2.24, 2.45) is 0 Å². The van der Waals surface area contributed by atoms with Gasteiger partial charge in [-0.2, -0.15) is 13.2 Å². The molecule has 7 rings (SSSR count). The van der Waals surface area contributed by atoms with Crippen molar-refractivity contribution in [2.75, 3.05) is 42.7 Å².